The smallest absolute Gasteiger partial charge is 0.326 e. The SMILES string of the molecule is C[C@@H](CCCCNC(=O)CCC(=O)NCCCOCCCCOCCCNC(=O)CC[C@H](NC(=O)CCCCCCC(=O)O)C(=O)O)C(=O)O.C[C@@H](CCCCNC(=O)CC[C@H](NC(=O)CC[C@H](NC(=O)CC[C@H](NC(=O)CCC(=O)NCCCOCCCCOCCCNC(=O)CCCCCCC(=O)O)C(=O)O)C(=O)O)C(=O)O)C(=O)O.[HH].[HH]. The first kappa shape index (κ1) is 110. The van der Waals surface area contributed by atoms with Crippen molar-refractivity contribution >= 4 is 107 Å². The Balaban J connectivity index is -0.00000115. The van der Waals surface area contributed by atoms with Gasteiger partial charge in [-0.1, -0.05) is 52.4 Å². The fourth-order valence-electron chi connectivity index (χ4n) is 10.7. The van der Waals surface area contributed by atoms with E-state index in [2.05, 4.69) is 53.2 Å². The van der Waals surface area contributed by atoms with Crippen LogP contribution in [0.15, 0.2) is 0 Å². The molecule has 680 valence electrons. The maximum atomic E-state index is 12.5. The van der Waals surface area contributed by atoms with Gasteiger partial charge in [0.25, 0.3) is 0 Å². The van der Waals surface area contributed by atoms with Crippen molar-refractivity contribution in [3.63, 3.8) is 0 Å². The van der Waals surface area contributed by atoms with E-state index in [0.29, 0.717) is 182 Å². The van der Waals surface area contributed by atoms with E-state index < -0.39 is 145 Å². The Labute approximate surface area is 692 Å². The van der Waals surface area contributed by atoms with Crippen molar-refractivity contribution in [3.05, 3.63) is 0 Å². The van der Waals surface area contributed by atoms with Gasteiger partial charge in [-0.25, -0.2) is 19.2 Å². The lowest BCUT2D eigenvalue weighted by Gasteiger charge is -2.18. The number of carbonyl (C=O) groups excluding carboxylic acids is 10. The largest absolute Gasteiger partial charge is 0.481 e. The van der Waals surface area contributed by atoms with Crippen LogP contribution in [0.1, 0.15) is 261 Å². The molecule has 0 aromatic carbocycles. The lowest BCUT2D eigenvalue weighted by molar-refractivity contribution is -0.144. The van der Waals surface area contributed by atoms with E-state index in [4.69, 9.17) is 39.4 Å². The normalized spacial score (nSPS) is 12.4. The van der Waals surface area contributed by atoms with Crippen LogP contribution in [-0.4, -0.2) is 264 Å². The van der Waals surface area contributed by atoms with E-state index in [1.807, 2.05) is 0 Å². The molecule has 40 nitrogen and oxygen atoms in total. The summed E-state index contributed by atoms with van der Waals surface area (Å²) in [6.45, 7) is 9.61. The van der Waals surface area contributed by atoms with E-state index in [9.17, 15) is 107 Å². The molecule has 0 unspecified atom stereocenters. The van der Waals surface area contributed by atoms with Crippen LogP contribution in [0, 0.1) is 11.8 Å². The van der Waals surface area contributed by atoms with Crippen molar-refractivity contribution in [2.24, 2.45) is 11.8 Å². The van der Waals surface area contributed by atoms with Crippen molar-refractivity contribution in [1.82, 2.24) is 53.2 Å². The topological polar surface area (TPSA) is 626 Å². The van der Waals surface area contributed by atoms with Crippen LogP contribution in [-0.2, 0) is 105 Å². The zero-order chi connectivity index (χ0) is 88.5. The van der Waals surface area contributed by atoms with E-state index in [0.717, 1.165) is 44.9 Å². The number of carboxylic acids is 8. The van der Waals surface area contributed by atoms with Gasteiger partial charge in [0.2, 0.25) is 59.1 Å². The van der Waals surface area contributed by atoms with Crippen molar-refractivity contribution < 1.29 is 149 Å². The molecule has 0 bridgehead atoms. The molecule has 40 heteroatoms. The van der Waals surface area contributed by atoms with E-state index in [-0.39, 0.29) is 110 Å². The van der Waals surface area contributed by atoms with Crippen molar-refractivity contribution in [3.8, 4) is 0 Å². The number of hydrogen-bond donors (Lipinski definition) is 18. The molecular formula is C78H138N10O30. The van der Waals surface area contributed by atoms with E-state index in [1.165, 1.54) is 0 Å². The van der Waals surface area contributed by atoms with Gasteiger partial charge in [-0.3, -0.25) is 67.1 Å². The van der Waals surface area contributed by atoms with Crippen molar-refractivity contribution in [2.75, 3.05) is 92.1 Å². The van der Waals surface area contributed by atoms with Crippen LogP contribution < -0.4 is 53.2 Å². The Morgan fingerprint density at radius 1 is 0.212 bits per heavy atom. The lowest BCUT2D eigenvalue weighted by Crippen LogP contribution is -2.45. The van der Waals surface area contributed by atoms with Gasteiger partial charge in [-0.15, -0.1) is 0 Å². The van der Waals surface area contributed by atoms with Crippen LogP contribution >= 0.6 is 0 Å². The highest BCUT2D eigenvalue weighted by atomic mass is 16.5. The fourth-order valence-corrected chi connectivity index (χ4v) is 10.7. The molecule has 118 heavy (non-hydrogen) atoms. The summed E-state index contributed by atoms with van der Waals surface area (Å²) < 4.78 is 22.2. The first-order valence-electron chi connectivity index (χ1n) is 41.1. The molecule has 10 amide bonds. The second-order valence-electron chi connectivity index (χ2n) is 28.5. The van der Waals surface area contributed by atoms with E-state index in [1.54, 1.807) is 13.8 Å². The summed E-state index contributed by atoms with van der Waals surface area (Å²) in [5.41, 5.74) is 0. The number of carboxylic acid groups (broad SMARTS) is 8. The lowest BCUT2D eigenvalue weighted by atomic mass is 10.0. The number of carbonyl (C=O) groups is 18. The molecule has 0 spiro atoms. The van der Waals surface area contributed by atoms with Crippen LogP contribution in [0.5, 0.6) is 0 Å². The molecule has 0 aromatic heterocycles. The first-order valence-corrected chi connectivity index (χ1v) is 41.1. The van der Waals surface area contributed by atoms with Gasteiger partial charge >= 0.3 is 47.8 Å². The minimum atomic E-state index is -1.60. The van der Waals surface area contributed by atoms with Gasteiger partial charge in [-0.05, 0) is 128 Å². The molecular weight excluding hydrogens is 1560 g/mol. The molecule has 6 atom stereocenters. The van der Waals surface area contributed by atoms with Gasteiger partial charge in [0.15, 0.2) is 0 Å². The van der Waals surface area contributed by atoms with Gasteiger partial charge < -0.3 is 113 Å². The Bertz CT molecular complexity index is 3000. The predicted octanol–water partition coefficient (Wildman–Crippen LogP) is 3.94. The summed E-state index contributed by atoms with van der Waals surface area (Å²) in [7, 11) is 0. The van der Waals surface area contributed by atoms with Crippen LogP contribution in [0.3, 0.4) is 0 Å². The zero-order valence-corrected chi connectivity index (χ0v) is 68.8. The number of nitrogens with one attached hydrogen (secondary N) is 10. The van der Waals surface area contributed by atoms with Gasteiger partial charge in [0, 0.05) is 172 Å². The number of rotatable bonds is 78. The second kappa shape index (κ2) is 73.7. The number of hydrogen-bond acceptors (Lipinski definition) is 22. The van der Waals surface area contributed by atoms with Crippen LogP contribution in [0.4, 0.5) is 0 Å². The highest BCUT2D eigenvalue weighted by Gasteiger charge is 2.28. The second-order valence-corrected chi connectivity index (χ2v) is 28.5. The molecule has 0 fully saturated rings. The molecule has 0 aliphatic rings. The summed E-state index contributed by atoms with van der Waals surface area (Å²) in [6, 6.07) is -5.77. The summed E-state index contributed by atoms with van der Waals surface area (Å²) in [6.07, 6.45) is 12.4. The average molecular weight is 1700 g/mol. The average Bonchev–Trinajstić information content (AvgIpc) is 0.904. The standard InChI is InChI=1S/C44H74N6O18.C34H60N4O12.2H2/c1-30(41(59)60)12-6-7-23-45-35(52)18-15-31(42(61)62)48-37(54)19-16-32(43(63)64)49-38(55)20-17-33(44(65)66)50-39(56)22-21-36(53)47-25-11-29-68-27-9-8-26-67-28-10-24-46-34(51)13-4-2-3-5-14-40(57)58;1-26(33(45)46)12-6-7-19-35-29(40)17-18-30(41)37-21-11-25-50-23-9-8-22-49-24-10-20-36-28(39)16-15-27(34(47)48)38-31(42)13-4-2-3-5-14-32(43)44;;/h30-33H,2-29H2,1H3,(H,45,52)(H,46,51)(H,47,53)(H,48,54)(H,49,55)(H,50,56)(H,57,58)(H,59,60)(H,61,62)(H,63,64)(H,65,66);26-27H,2-25H2,1H3,(H,35,40)(H,36,39)(H,37,41)(H,38,42)(H,43,44)(H,45,46)(H,47,48);2*1H/t30-,31-,32-,33-;26-,27-;;/m00../s1. The highest BCUT2D eigenvalue weighted by molar-refractivity contribution is 5.89. The molecule has 0 radical (unpaired) electrons. The first-order chi connectivity index (χ1) is 56.2. The molecule has 0 heterocycles. The van der Waals surface area contributed by atoms with E-state index >= 15 is 0 Å². The Morgan fingerprint density at radius 3 is 0.678 bits per heavy atom. The predicted molar refractivity (Wildman–Crippen MR) is 428 cm³/mol. The third-order valence-corrected chi connectivity index (χ3v) is 17.8. The van der Waals surface area contributed by atoms with Crippen LogP contribution in [0.2, 0.25) is 0 Å². The molecule has 0 aromatic rings. The molecule has 18 N–H and O–H groups in total. The van der Waals surface area contributed by atoms with Crippen LogP contribution in [0.25, 0.3) is 0 Å². The Hall–Kier alpha value is -9.70. The molecule has 0 rings (SSSR count). The van der Waals surface area contributed by atoms with Crippen molar-refractivity contribution in [1.29, 1.82) is 0 Å². The molecule has 0 saturated heterocycles. The van der Waals surface area contributed by atoms with Crippen molar-refractivity contribution in [2.45, 2.75) is 282 Å². The van der Waals surface area contributed by atoms with Gasteiger partial charge in [-0.2, -0.15) is 0 Å². The monoisotopic (exact) mass is 1690 g/mol. The molecule has 0 saturated carbocycles. The third-order valence-electron chi connectivity index (χ3n) is 17.8. The Morgan fingerprint density at radius 2 is 0.415 bits per heavy atom. The molecule has 0 aliphatic carbocycles. The number of amides is 10. The summed E-state index contributed by atoms with van der Waals surface area (Å²) in [4.78, 5) is 211. The minimum absolute atomic E-state index is 0. The maximum absolute atomic E-state index is 12.5. The third kappa shape index (κ3) is 71.6. The minimum Gasteiger partial charge on any atom is -0.481 e. The number of unbranched alkanes of at least 4 members (excludes halogenated alkanes) is 10. The van der Waals surface area contributed by atoms with Gasteiger partial charge in [0.1, 0.15) is 24.2 Å². The highest BCUT2D eigenvalue weighted by Crippen LogP contribution is 2.13. The zero-order valence-electron chi connectivity index (χ0n) is 68.8. The summed E-state index contributed by atoms with van der Waals surface area (Å²) in [5.74, 6) is -14.6. The fraction of sp³-hybridized carbons (Fsp3) is 0.769. The summed E-state index contributed by atoms with van der Waals surface area (Å²) in [5, 5.41) is 98.3. The van der Waals surface area contributed by atoms with Gasteiger partial charge in [0.05, 0.1) is 11.8 Å². The number of ether oxygens (including phenoxy) is 4. The quantitative estimate of drug-likeness (QED) is 0.0383. The Kier molecular flexibility index (Phi) is 68.9. The number of aliphatic carboxylic acids is 8. The summed E-state index contributed by atoms with van der Waals surface area (Å²) >= 11 is 0. The maximum Gasteiger partial charge on any atom is 0.326 e. The molecule has 0 aliphatic heterocycles.